The van der Waals surface area contributed by atoms with Gasteiger partial charge >= 0.3 is 0 Å². The molecule has 0 spiro atoms. The summed E-state index contributed by atoms with van der Waals surface area (Å²) in [6.45, 7) is 0. The first kappa shape index (κ1) is 13.7. The van der Waals surface area contributed by atoms with Crippen LogP contribution in [0.1, 0.15) is 25.7 Å². The van der Waals surface area contributed by atoms with Crippen LogP contribution in [0.15, 0.2) is 10.3 Å². The molecule has 0 amide bonds. The number of thiophene rings is 1. The second kappa shape index (κ2) is 5.12. The molecule has 0 unspecified atom stereocenters. The van der Waals surface area contributed by atoms with Crippen LogP contribution in [-0.4, -0.2) is 19.4 Å². The molecule has 1 saturated carbocycles. The fourth-order valence-corrected chi connectivity index (χ4v) is 4.90. The maximum atomic E-state index is 12.0. The third-order valence-electron chi connectivity index (χ3n) is 2.78. The maximum Gasteiger partial charge on any atom is 0.300 e. The molecule has 1 aromatic heterocycles. The molecule has 1 N–H and O–H groups in total. The van der Waals surface area contributed by atoms with Gasteiger partial charge in [0.25, 0.3) is 15.7 Å². The van der Waals surface area contributed by atoms with Crippen LogP contribution in [0.3, 0.4) is 0 Å². The van der Waals surface area contributed by atoms with Crippen LogP contribution in [0.4, 0.5) is 5.69 Å². The van der Waals surface area contributed by atoms with Crippen molar-refractivity contribution in [2.75, 3.05) is 0 Å². The molecule has 0 saturated heterocycles. The van der Waals surface area contributed by atoms with E-state index in [4.69, 9.17) is 11.6 Å². The smallest absolute Gasteiger partial charge is 0.258 e. The summed E-state index contributed by atoms with van der Waals surface area (Å²) in [5.41, 5.74) is -0.367. The van der Waals surface area contributed by atoms with Crippen molar-refractivity contribution < 1.29 is 13.3 Å². The lowest BCUT2D eigenvalue weighted by Crippen LogP contribution is -2.32. The molecule has 0 aromatic carbocycles. The van der Waals surface area contributed by atoms with E-state index in [1.807, 2.05) is 0 Å². The van der Waals surface area contributed by atoms with Gasteiger partial charge in [-0.05, 0) is 12.8 Å². The molecule has 1 aliphatic carbocycles. The Morgan fingerprint density at radius 1 is 1.44 bits per heavy atom. The van der Waals surface area contributed by atoms with Gasteiger partial charge < -0.3 is 0 Å². The van der Waals surface area contributed by atoms with E-state index in [1.165, 1.54) is 0 Å². The Bertz CT molecular complexity index is 563. The number of nitro groups is 1. The standard InChI is InChI=1S/C9H11ClN2O4S2/c10-9-7(12(13)14)5-8(17-9)18(15,16)11-6-3-1-2-4-6/h5-6,11H,1-4H2. The van der Waals surface area contributed by atoms with Gasteiger partial charge in [0.15, 0.2) is 4.34 Å². The number of hydrogen-bond acceptors (Lipinski definition) is 5. The SMILES string of the molecule is O=[N+]([O-])c1cc(S(=O)(=O)NC2CCCC2)sc1Cl. The zero-order valence-corrected chi connectivity index (χ0v) is 11.6. The Hall–Kier alpha value is -0.700. The number of hydrogen-bond donors (Lipinski definition) is 1. The Labute approximate surface area is 113 Å². The first-order valence-electron chi connectivity index (χ1n) is 5.36. The molecule has 1 aliphatic rings. The van der Waals surface area contributed by atoms with Crippen molar-refractivity contribution in [3.05, 3.63) is 20.5 Å². The van der Waals surface area contributed by atoms with Crippen molar-refractivity contribution in [3.8, 4) is 0 Å². The predicted molar refractivity (Wildman–Crippen MR) is 68.6 cm³/mol. The van der Waals surface area contributed by atoms with E-state index in [9.17, 15) is 18.5 Å². The number of halogens is 1. The van der Waals surface area contributed by atoms with Gasteiger partial charge in [-0.3, -0.25) is 10.1 Å². The van der Waals surface area contributed by atoms with E-state index >= 15 is 0 Å². The van der Waals surface area contributed by atoms with Gasteiger partial charge in [-0.15, -0.1) is 11.3 Å². The molecule has 0 radical (unpaired) electrons. The van der Waals surface area contributed by atoms with E-state index in [2.05, 4.69) is 4.72 Å². The van der Waals surface area contributed by atoms with E-state index in [0.29, 0.717) is 11.3 Å². The minimum Gasteiger partial charge on any atom is -0.258 e. The summed E-state index contributed by atoms with van der Waals surface area (Å²) >= 11 is 6.35. The highest BCUT2D eigenvalue weighted by Crippen LogP contribution is 2.36. The normalized spacial score (nSPS) is 17.2. The number of nitrogens with one attached hydrogen (secondary N) is 1. The monoisotopic (exact) mass is 310 g/mol. The zero-order valence-electron chi connectivity index (χ0n) is 9.26. The molecule has 100 valence electrons. The molecule has 2 rings (SSSR count). The van der Waals surface area contributed by atoms with Gasteiger partial charge in [0.1, 0.15) is 4.21 Å². The lowest BCUT2D eigenvalue weighted by molar-refractivity contribution is -0.384. The minimum atomic E-state index is -3.70. The number of nitrogens with zero attached hydrogens (tertiary/aromatic N) is 1. The molecule has 1 fully saturated rings. The van der Waals surface area contributed by atoms with E-state index in [-0.39, 0.29) is 20.3 Å². The lowest BCUT2D eigenvalue weighted by Gasteiger charge is -2.10. The van der Waals surface area contributed by atoms with Crippen molar-refractivity contribution in [1.82, 2.24) is 4.72 Å². The fraction of sp³-hybridized carbons (Fsp3) is 0.556. The van der Waals surface area contributed by atoms with Crippen LogP contribution in [0.25, 0.3) is 0 Å². The molecular formula is C9H11ClN2O4S2. The lowest BCUT2D eigenvalue weighted by atomic mass is 10.3. The Morgan fingerprint density at radius 2 is 2.06 bits per heavy atom. The van der Waals surface area contributed by atoms with Gasteiger partial charge in [-0.2, -0.15) is 0 Å². The van der Waals surface area contributed by atoms with Crippen LogP contribution in [-0.2, 0) is 10.0 Å². The highest BCUT2D eigenvalue weighted by Gasteiger charge is 2.28. The molecule has 1 aromatic rings. The summed E-state index contributed by atoms with van der Waals surface area (Å²) in [5.74, 6) is 0. The Morgan fingerprint density at radius 3 is 2.56 bits per heavy atom. The average molecular weight is 311 g/mol. The molecule has 0 aliphatic heterocycles. The molecule has 18 heavy (non-hydrogen) atoms. The predicted octanol–water partition coefficient (Wildman–Crippen LogP) is 2.53. The Balaban J connectivity index is 2.24. The molecule has 6 nitrogen and oxygen atoms in total. The van der Waals surface area contributed by atoms with E-state index < -0.39 is 14.9 Å². The summed E-state index contributed by atoms with van der Waals surface area (Å²) in [6.07, 6.45) is 3.61. The maximum absolute atomic E-state index is 12.0. The average Bonchev–Trinajstić information content (AvgIpc) is 2.86. The van der Waals surface area contributed by atoms with Gasteiger partial charge in [0.2, 0.25) is 0 Å². The summed E-state index contributed by atoms with van der Waals surface area (Å²) in [5, 5.41) is 10.6. The second-order valence-corrected chi connectivity index (χ2v) is 7.68. The first-order chi connectivity index (χ1) is 8.40. The van der Waals surface area contributed by atoms with Crippen LogP contribution < -0.4 is 4.72 Å². The summed E-state index contributed by atoms with van der Waals surface area (Å²) < 4.78 is 26.3. The summed E-state index contributed by atoms with van der Waals surface area (Å²) in [6, 6.07) is 0.930. The molecule has 0 bridgehead atoms. The summed E-state index contributed by atoms with van der Waals surface area (Å²) in [7, 11) is -3.70. The highest BCUT2D eigenvalue weighted by molar-refractivity contribution is 7.91. The van der Waals surface area contributed by atoms with Crippen LogP contribution in [0.2, 0.25) is 4.34 Å². The van der Waals surface area contributed by atoms with Crippen molar-refractivity contribution >= 4 is 38.6 Å². The summed E-state index contributed by atoms with van der Waals surface area (Å²) in [4.78, 5) is 9.93. The highest BCUT2D eigenvalue weighted by atomic mass is 35.5. The molecule has 1 heterocycles. The third-order valence-corrected chi connectivity index (χ3v) is 6.12. The van der Waals surface area contributed by atoms with Crippen LogP contribution in [0, 0.1) is 10.1 Å². The van der Waals surface area contributed by atoms with Crippen molar-refractivity contribution in [1.29, 1.82) is 0 Å². The van der Waals surface area contributed by atoms with Crippen molar-refractivity contribution in [2.24, 2.45) is 0 Å². The van der Waals surface area contributed by atoms with Gasteiger partial charge in [-0.25, -0.2) is 13.1 Å². The minimum absolute atomic E-state index is 0.0741. The number of rotatable bonds is 4. The first-order valence-corrected chi connectivity index (χ1v) is 8.04. The van der Waals surface area contributed by atoms with Gasteiger partial charge in [-0.1, -0.05) is 24.4 Å². The zero-order chi connectivity index (χ0) is 13.3. The quantitative estimate of drug-likeness (QED) is 0.683. The largest absolute Gasteiger partial charge is 0.300 e. The molecule has 0 atom stereocenters. The van der Waals surface area contributed by atoms with Crippen LogP contribution in [0.5, 0.6) is 0 Å². The van der Waals surface area contributed by atoms with E-state index in [0.717, 1.165) is 31.7 Å². The van der Waals surface area contributed by atoms with Crippen LogP contribution >= 0.6 is 22.9 Å². The van der Waals surface area contributed by atoms with Gasteiger partial charge in [0, 0.05) is 12.1 Å². The molecular weight excluding hydrogens is 300 g/mol. The molecule has 9 heteroatoms. The van der Waals surface area contributed by atoms with Gasteiger partial charge in [0.05, 0.1) is 4.92 Å². The van der Waals surface area contributed by atoms with Crippen molar-refractivity contribution in [2.45, 2.75) is 35.9 Å². The topological polar surface area (TPSA) is 89.3 Å². The Kier molecular flexibility index (Phi) is 3.90. The third kappa shape index (κ3) is 2.82. The number of sulfonamides is 1. The van der Waals surface area contributed by atoms with Crippen molar-refractivity contribution in [3.63, 3.8) is 0 Å². The fourth-order valence-electron chi connectivity index (χ4n) is 1.92. The van der Waals surface area contributed by atoms with E-state index in [1.54, 1.807) is 0 Å². The second-order valence-electron chi connectivity index (χ2n) is 4.08.